The Morgan fingerprint density at radius 3 is 2.59 bits per heavy atom. The van der Waals surface area contributed by atoms with Crippen LogP contribution in [0.2, 0.25) is 0 Å². The molecule has 1 N–H and O–H groups in total. The SMILES string of the molecule is CS(=O)(=O)Nc1noc2cc(OCC3CCC(F)(F)CC3)c(C3CC3)cc12. The Morgan fingerprint density at radius 2 is 1.96 bits per heavy atom. The molecule has 0 atom stereocenters. The largest absolute Gasteiger partial charge is 0.493 e. The van der Waals surface area contributed by atoms with Crippen LogP contribution in [0.4, 0.5) is 14.6 Å². The summed E-state index contributed by atoms with van der Waals surface area (Å²) in [5.41, 5.74) is 1.42. The molecule has 1 heterocycles. The summed E-state index contributed by atoms with van der Waals surface area (Å²) >= 11 is 0. The van der Waals surface area contributed by atoms with Gasteiger partial charge in [0, 0.05) is 18.9 Å². The van der Waals surface area contributed by atoms with E-state index in [1.54, 1.807) is 6.07 Å². The molecule has 2 aromatic rings. The molecular weight excluding hydrogens is 378 g/mol. The molecule has 0 unspecified atom stereocenters. The van der Waals surface area contributed by atoms with E-state index in [1.807, 2.05) is 6.07 Å². The third-order valence-corrected chi connectivity index (χ3v) is 5.78. The van der Waals surface area contributed by atoms with E-state index in [1.165, 1.54) is 0 Å². The number of halogens is 2. The molecular formula is C18H22F2N2O4S. The fourth-order valence-electron chi connectivity index (χ4n) is 3.54. The van der Waals surface area contributed by atoms with Gasteiger partial charge in [-0.25, -0.2) is 17.2 Å². The number of nitrogens with one attached hydrogen (secondary N) is 1. The van der Waals surface area contributed by atoms with Gasteiger partial charge in [0.25, 0.3) is 0 Å². The molecule has 2 fully saturated rings. The third kappa shape index (κ3) is 4.34. The number of hydrogen-bond acceptors (Lipinski definition) is 5. The van der Waals surface area contributed by atoms with Gasteiger partial charge >= 0.3 is 0 Å². The van der Waals surface area contributed by atoms with Crippen molar-refractivity contribution in [2.45, 2.75) is 50.4 Å². The smallest absolute Gasteiger partial charge is 0.248 e. The summed E-state index contributed by atoms with van der Waals surface area (Å²) in [5.74, 6) is -1.23. The van der Waals surface area contributed by atoms with Crippen LogP contribution in [-0.2, 0) is 10.0 Å². The lowest BCUT2D eigenvalue weighted by Gasteiger charge is -2.28. The molecule has 0 spiro atoms. The highest BCUT2D eigenvalue weighted by Crippen LogP contribution is 2.47. The van der Waals surface area contributed by atoms with Gasteiger partial charge in [0.1, 0.15) is 5.75 Å². The van der Waals surface area contributed by atoms with Crippen molar-refractivity contribution in [2.24, 2.45) is 5.92 Å². The highest BCUT2D eigenvalue weighted by Gasteiger charge is 2.35. The van der Waals surface area contributed by atoms with E-state index in [0.717, 1.165) is 24.7 Å². The number of hydrogen-bond donors (Lipinski definition) is 1. The summed E-state index contributed by atoms with van der Waals surface area (Å²) < 4.78 is 63.2. The second-order valence-corrected chi connectivity index (χ2v) is 9.42. The van der Waals surface area contributed by atoms with Crippen LogP contribution in [-0.4, -0.2) is 32.4 Å². The molecule has 6 nitrogen and oxygen atoms in total. The number of fused-ring (bicyclic) bond motifs is 1. The average molecular weight is 400 g/mol. The molecule has 0 saturated heterocycles. The van der Waals surface area contributed by atoms with Crippen LogP contribution < -0.4 is 9.46 Å². The molecule has 2 aliphatic carbocycles. The normalized spacial score (nSPS) is 20.7. The van der Waals surface area contributed by atoms with Gasteiger partial charge in [-0.2, -0.15) is 0 Å². The first-order valence-corrected chi connectivity index (χ1v) is 11.0. The van der Waals surface area contributed by atoms with Crippen molar-refractivity contribution in [1.82, 2.24) is 5.16 Å². The van der Waals surface area contributed by atoms with Crippen molar-refractivity contribution < 1.29 is 26.5 Å². The predicted molar refractivity (Wildman–Crippen MR) is 96.9 cm³/mol. The molecule has 4 rings (SSSR count). The van der Waals surface area contributed by atoms with Gasteiger partial charge < -0.3 is 9.26 Å². The molecule has 0 aliphatic heterocycles. The van der Waals surface area contributed by atoms with Crippen LogP contribution in [0.5, 0.6) is 5.75 Å². The van der Waals surface area contributed by atoms with E-state index < -0.39 is 15.9 Å². The molecule has 2 aliphatic rings. The Labute approximate surface area is 156 Å². The first-order chi connectivity index (χ1) is 12.7. The standard InChI is InChI=1S/C18H22F2N2O4S/c1-27(23,24)22-17-14-8-13(12-2-3-12)15(9-16(14)26-21-17)25-10-11-4-6-18(19,20)7-5-11/h8-9,11-12H,2-7,10H2,1H3,(H,21,22). The highest BCUT2D eigenvalue weighted by molar-refractivity contribution is 7.92. The zero-order chi connectivity index (χ0) is 19.2. The maximum absolute atomic E-state index is 13.3. The van der Waals surface area contributed by atoms with E-state index in [-0.39, 0.29) is 24.6 Å². The lowest BCUT2D eigenvalue weighted by Crippen LogP contribution is -2.27. The van der Waals surface area contributed by atoms with Crippen LogP contribution in [0, 0.1) is 5.92 Å². The number of benzene rings is 1. The van der Waals surface area contributed by atoms with Crippen molar-refractivity contribution in [3.05, 3.63) is 17.7 Å². The van der Waals surface area contributed by atoms with Crippen molar-refractivity contribution in [3.63, 3.8) is 0 Å². The van der Waals surface area contributed by atoms with Crippen LogP contribution >= 0.6 is 0 Å². The Balaban J connectivity index is 1.55. The van der Waals surface area contributed by atoms with Crippen molar-refractivity contribution >= 4 is 26.8 Å². The third-order valence-electron chi connectivity index (χ3n) is 5.21. The average Bonchev–Trinajstić information content (AvgIpc) is 3.35. The van der Waals surface area contributed by atoms with Crippen molar-refractivity contribution in [3.8, 4) is 5.75 Å². The first-order valence-electron chi connectivity index (χ1n) is 9.12. The monoisotopic (exact) mass is 400 g/mol. The molecule has 0 bridgehead atoms. The van der Waals surface area contributed by atoms with Crippen LogP contribution in [0.1, 0.15) is 50.0 Å². The number of sulfonamides is 1. The Kier molecular flexibility index (Phi) is 4.52. The minimum atomic E-state index is -3.47. The fourth-order valence-corrected chi connectivity index (χ4v) is 4.04. The van der Waals surface area contributed by atoms with E-state index in [4.69, 9.17) is 9.26 Å². The number of alkyl halides is 2. The summed E-state index contributed by atoms with van der Waals surface area (Å²) in [6.45, 7) is 0.393. The summed E-state index contributed by atoms with van der Waals surface area (Å²) in [6, 6.07) is 3.59. The maximum atomic E-state index is 13.3. The van der Waals surface area contributed by atoms with Gasteiger partial charge in [-0.1, -0.05) is 5.16 Å². The van der Waals surface area contributed by atoms with Gasteiger partial charge in [-0.15, -0.1) is 0 Å². The summed E-state index contributed by atoms with van der Waals surface area (Å²) in [6.07, 6.45) is 3.88. The Hall–Kier alpha value is -1.90. The van der Waals surface area contributed by atoms with Crippen molar-refractivity contribution in [1.29, 1.82) is 0 Å². The Bertz CT molecular complexity index is 944. The van der Waals surface area contributed by atoms with Gasteiger partial charge in [-0.3, -0.25) is 4.72 Å². The Morgan fingerprint density at radius 1 is 1.26 bits per heavy atom. The molecule has 27 heavy (non-hydrogen) atoms. The van der Waals surface area contributed by atoms with Crippen LogP contribution in [0.3, 0.4) is 0 Å². The minimum absolute atomic E-state index is 0.0852. The number of rotatable bonds is 6. The zero-order valence-electron chi connectivity index (χ0n) is 15.0. The van der Waals surface area contributed by atoms with Crippen LogP contribution in [0.15, 0.2) is 16.7 Å². The van der Waals surface area contributed by atoms with E-state index in [2.05, 4.69) is 9.88 Å². The molecule has 148 valence electrons. The lowest BCUT2D eigenvalue weighted by molar-refractivity contribution is -0.0498. The van der Waals surface area contributed by atoms with Gasteiger partial charge in [0.2, 0.25) is 15.9 Å². The number of nitrogens with zero attached hydrogens (tertiary/aromatic N) is 1. The quantitative estimate of drug-likeness (QED) is 0.783. The second-order valence-electron chi connectivity index (χ2n) is 7.68. The van der Waals surface area contributed by atoms with Crippen molar-refractivity contribution in [2.75, 3.05) is 17.6 Å². The minimum Gasteiger partial charge on any atom is -0.493 e. The topological polar surface area (TPSA) is 81.4 Å². The van der Waals surface area contributed by atoms with Gasteiger partial charge in [0.15, 0.2) is 11.4 Å². The second kappa shape index (κ2) is 6.61. The number of anilines is 1. The molecule has 1 aromatic heterocycles. The summed E-state index contributed by atoms with van der Waals surface area (Å²) in [5, 5.41) is 4.39. The maximum Gasteiger partial charge on any atom is 0.248 e. The fraction of sp³-hybridized carbons (Fsp3) is 0.611. The van der Waals surface area contributed by atoms with Crippen LogP contribution in [0.25, 0.3) is 11.0 Å². The lowest BCUT2D eigenvalue weighted by atomic mass is 9.87. The molecule has 2 saturated carbocycles. The van der Waals surface area contributed by atoms with E-state index in [0.29, 0.717) is 42.1 Å². The number of aromatic nitrogens is 1. The molecule has 1 aromatic carbocycles. The molecule has 9 heteroatoms. The highest BCUT2D eigenvalue weighted by atomic mass is 32.2. The van der Waals surface area contributed by atoms with E-state index in [9.17, 15) is 17.2 Å². The van der Waals surface area contributed by atoms with Gasteiger partial charge in [0.05, 0.1) is 18.2 Å². The van der Waals surface area contributed by atoms with Gasteiger partial charge in [-0.05, 0) is 49.1 Å². The zero-order valence-corrected chi connectivity index (χ0v) is 15.8. The first kappa shape index (κ1) is 18.5. The predicted octanol–water partition coefficient (Wildman–Crippen LogP) is 4.28. The summed E-state index contributed by atoms with van der Waals surface area (Å²) in [4.78, 5) is 0. The summed E-state index contributed by atoms with van der Waals surface area (Å²) in [7, 11) is -3.47. The molecule has 0 amide bonds. The number of ether oxygens (including phenoxy) is 1. The van der Waals surface area contributed by atoms with E-state index >= 15 is 0 Å². The molecule has 0 radical (unpaired) electrons.